The number of hydrogen-bond acceptors (Lipinski definition) is 5. The Morgan fingerprint density at radius 1 is 1.15 bits per heavy atom. The van der Waals surface area contributed by atoms with Crippen molar-refractivity contribution in [3.05, 3.63) is 30.1 Å². The van der Waals surface area contributed by atoms with Crippen LogP contribution in [0.15, 0.2) is 24.5 Å². The Morgan fingerprint density at radius 3 is 2.26 bits per heavy atom. The molecule has 0 spiro atoms. The van der Waals surface area contributed by atoms with Gasteiger partial charge in [-0.05, 0) is 44.4 Å². The molecule has 0 radical (unpaired) electrons. The maximum Gasteiger partial charge on any atom is 0.408 e. The van der Waals surface area contributed by atoms with E-state index in [0.29, 0.717) is 13.1 Å². The number of amides is 2. The van der Waals surface area contributed by atoms with Gasteiger partial charge in [0.15, 0.2) is 0 Å². The van der Waals surface area contributed by atoms with E-state index in [9.17, 15) is 9.59 Å². The summed E-state index contributed by atoms with van der Waals surface area (Å²) in [6.07, 6.45) is 3.04. The predicted molar refractivity (Wildman–Crippen MR) is 104 cm³/mol. The molecule has 1 aromatic rings. The Balaban J connectivity index is 1.88. The highest BCUT2D eigenvalue weighted by Crippen LogP contribution is 2.13. The predicted octanol–water partition coefficient (Wildman–Crippen LogP) is 2.28. The van der Waals surface area contributed by atoms with Gasteiger partial charge in [-0.3, -0.25) is 14.7 Å². The first kappa shape index (κ1) is 21.2. The molecule has 7 heteroatoms. The van der Waals surface area contributed by atoms with Crippen LogP contribution in [0.25, 0.3) is 0 Å². The van der Waals surface area contributed by atoms with Crippen LogP contribution in [0, 0.1) is 5.92 Å². The lowest BCUT2D eigenvalue weighted by Crippen LogP contribution is -2.56. The summed E-state index contributed by atoms with van der Waals surface area (Å²) in [7, 11) is 0. The normalized spacial score (nSPS) is 16.9. The summed E-state index contributed by atoms with van der Waals surface area (Å²) < 4.78 is 5.31. The molecule has 150 valence electrons. The molecule has 0 bridgehead atoms. The van der Waals surface area contributed by atoms with Gasteiger partial charge in [-0.1, -0.05) is 13.8 Å². The van der Waals surface area contributed by atoms with Crippen molar-refractivity contribution in [3.63, 3.8) is 0 Å². The summed E-state index contributed by atoms with van der Waals surface area (Å²) in [6, 6.07) is 3.44. The number of piperazine rings is 1. The second kappa shape index (κ2) is 9.17. The second-order valence-corrected chi connectivity index (χ2v) is 8.32. The zero-order chi connectivity index (χ0) is 20.0. The molecular formula is C20H32N4O3. The van der Waals surface area contributed by atoms with E-state index < -0.39 is 17.7 Å². The molecule has 2 heterocycles. The van der Waals surface area contributed by atoms with Crippen molar-refractivity contribution >= 4 is 12.0 Å². The SMILES string of the molecule is CC(C)C(NC(=O)OC(C)(C)C)C(=O)N1CCN(Cc2ccncc2)CC1. The summed E-state index contributed by atoms with van der Waals surface area (Å²) in [5.41, 5.74) is 0.629. The number of rotatable bonds is 5. The lowest BCUT2D eigenvalue weighted by atomic mass is 10.0. The average Bonchev–Trinajstić information content (AvgIpc) is 2.59. The number of hydrogen-bond donors (Lipinski definition) is 1. The van der Waals surface area contributed by atoms with Gasteiger partial charge in [0.1, 0.15) is 11.6 Å². The molecule has 1 atom stereocenters. The first-order valence-corrected chi connectivity index (χ1v) is 9.55. The van der Waals surface area contributed by atoms with Gasteiger partial charge in [0.25, 0.3) is 0 Å². The van der Waals surface area contributed by atoms with E-state index in [0.717, 1.165) is 19.6 Å². The molecule has 1 unspecified atom stereocenters. The summed E-state index contributed by atoms with van der Waals surface area (Å²) in [5.74, 6) is -0.0562. The lowest BCUT2D eigenvalue weighted by molar-refractivity contribution is -0.136. The van der Waals surface area contributed by atoms with Gasteiger partial charge < -0.3 is 15.0 Å². The van der Waals surface area contributed by atoms with Gasteiger partial charge >= 0.3 is 6.09 Å². The van der Waals surface area contributed by atoms with Crippen LogP contribution in [-0.4, -0.2) is 64.6 Å². The van der Waals surface area contributed by atoms with Crippen molar-refractivity contribution in [2.75, 3.05) is 26.2 Å². The third-order valence-electron chi connectivity index (χ3n) is 4.44. The molecule has 1 aliphatic heterocycles. The Kier molecular flexibility index (Phi) is 7.18. The summed E-state index contributed by atoms with van der Waals surface area (Å²) >= 11 is 0. The van der Waals surface area contributed by atoms with E-state index >= 15 is 0 Å². The Labute approximate surface area is 162 Å². The molecule has 0 aromatic carbocycles. The minimum Gasteiger partial charge on any atom is -0.444 e. The van der Waals surface area contributed by atoms with Crippen molar-refractivity contribution in [1.29, 1.82) is 0 Å². The van der Waals surface area contributed by atoms with Crippen LogP contribution in [-0.2, 0) is 16.1 Å². The minimum absolute atomic E-state index is 0.0140. The monoisotopic (exact) mass is 376 g/mol. The van der Waals surface area contributed by atoms with Gasteiger partial charge in [0, 0.05) is 45.1 Å². The smallest absolute Gasteiger partial charge is 0.408 e. The van der Waals surface area contributed by atoms with Crippen molar-refractivity contribution in [2.45, 2.75) is 52.8 Å². The van der Waals surface area contributed by atoms with Crippen molar-refractivity contribution in [3.8, 4) is 0 Å². The second-order valence-electron chi connectivity index (χ2n) is 8.32. The number of nitrogens with one attached hydrogen (secondary N) is 1. The van der Waals surface area contributed by atoms with Gasteiger partial charge in [0.05, 0.1) is 0 Å². The summed E-state index contributed by atoms with van der Waals surface area (Å²) in [4.78, 5) is 33.2. The van der Waals surface area contributed by atoms with E-state index in [2.05, 4.69) is 15.2 Å². The molecule has 1 aromatic heterocycles. The van der Waals surface area contributed by atoms with Crippen LogP contribution in [0.4, 0.5) is 4.79 Å². The third-order valence-corrected chi connectivity index (χ3v) is 4.44. The summed E-state index contributed by atoms with van der Waals surface area (Å²) in [6.45, 7) is 13.1. The number of aromatic nitrogens is 1. The average molecular weight is 377 g/mol. The number of ether oxygens (including phenoxy) is 1. The third kappa shape index (κ3) is 6.82. The molecule has 1 aliphatic rings. The highest BCUT2D eigenvalue weighted by molar-refractivity contribution is 5.86. The topological polar surface area (TPSA) is 74.8 Å². The first-order chi connectivity index (χ1) is 12.7. The number of pyridine rings is 1. The zero-order valence-electron chi connectivity index (χ0n) is 17.1. The van der Waals surface area contributed by atoms with Crippen LogP contribution in [0.2, 0.25) is 0 Å². The zero-order valence-corrected chi connectivity index (χ0v) is 17.1. The molecule has 1 fully saturated rings. The fourth-order valence-electron chi connectivity index (χ4n) is 3.02. The van der Waals surface area contributed by atoms with Crippen molar-refractivity contribution < 1.29 is 14.3 Å². The standard InChI is InChI=1S/C20H32N4O3/c1-15(2)17(22-19(26)27-20(3,4)5)18(25)24-12-10-23(11-13-24)14-16-6-8-21-9-7-16/h6-9,15,17H,10-14H2,1-5H3,(H,22,26). The minimum atomic E-state index is -0.590. The van der Waals surface area contributed by atoms with Gasteiger partial charge in [-0.15, -0.1) is 0 Å². The van der Waals surface area contributed by atoms with Gasteiger partial charge in [-0.2, -0.15) is 0 Å². The quantitative estimate of drug-likeness (QED) is 0.853. The first-order valence-electron chi connectivity index (χ1n) is 9.55. The molecule has 0 saturated carbocycles. The number of nitrogens with zero attached hydrogens (tertiary/aromatic N) is 3. The lowest BCUT2D eigenvalue weighted by Gasteiger charge is -2.37. The fourth-order valence-corrected chi connectivity index (χ4v) is 3.02. The van der Waals surface area contributed by atoms with Gasteiger partial charge in [0.2, 0.25) is 5.91 Å². The number of carbonyl (C=O) groups is 2. The highest BCUT2D eigenvalue weighted by Gasteiger charge is 2.32. The van der Waals surface area contributed by atoms with E-state index in [-0.39, 0.29) is 11.8 Å². The van der Waals surface area contributed by atoms with E-state index in [1.165, 1.54) is 5.56 Å². The summed E-state index contributed by atoms with van der Waals surface area (Å²) in [5, 5.41) is 2.75. The highest BCUT2D eigenvalue weighted by atomic mass is 16.6. The van der Waals surface area contributed by atoms with Crippen LogP contribution in [0.3, 0.4) is 0 Å². The van der Waals surface area contributed by atoms with Crippen molar-refractivity contribution in [1.82, 2.24) is 20.1 Å². The molecule has 27 heavy (non-hydrogen) atoms. The largest absolute Gasteiger partial charge is 0.444 e. The molecule has 7 nitrogen and oxygen atoms in total. The number of carbonyl (C=O) groups excluding carboxylic acids is 2. The Hall–Kier alpha value is -2.15. The molecule has 2 amide bonds. The van der Waals surface area contributed by atoms with Crippen LogP contribution in [0.1, 0.15) is 40.2 Å². The van der Waals surface area contributed by atoms with Gasteiger partial charge in [-0.25, -0.2) is 4.79 Å². The Morgan fingerprint density at radius 2 is 1.74 bits per heavy atom. The van der Waals surface area contributed by atoms with Crippen LogP contribution >= 0.6 is 0 Å². The fraction of sp³-hybridized carbons (Fsp3) is 0.650. The van der Waals surface area contributed by atoms with Crippen LogP contribution in [0.5, 0.6) is 0 Å². The molecule has 0 aliphatic carbocycles. The molecule has 1 saturated heterocycles. The molecule has 2 rings (SSSR count). The maximum atomic E-state index is 12.9. The maximum absolute atomic E-state index is 12.9. The van der Waals surface area contributed by atoms with E-state index in [4.69, 9.17) is 4.74 Å². The van der Waals surface area contributed by atoms with Crippen LogP contribution < -0.4 is 5.32 Å². The molecule has 1 N–H and O–H groups in total. The Bertz CT molecular complexity index is 620. The van der Waals surface area contributed by atoms with E-state index in [1.807, 2.05) is 30.9 Å². The van der Waals surface area contributed by atoms with Crippen molar-refractivity contribution in [2.24, 2.45) is 5.92 Å². The molecular weight excluding hydrogens is 344 g/mol. The number of alkyl carbamates (subject to hydrolysis) is 1. The van der Waals surface area contributed by atoms with E-state index in [1.54, 1.807) is 33.2 Å².